The van der Waals surface area contributed by atoms with Gasteiger partial charge in [0, 0.05) is 17.8 Å². The summed E-state index contributed by atoms with van der Waals surface area (Å²) in [6.45, 7) is 0.464. The lowest BCUT2D eigenvalue weighted by Crippen LogP contribution is -2.37. The van der Waals surface area contributed by atoms with Crippen LogP contribution in [0.1, 0.15) is 16.8 Å². The zero-order valence-corrected chi connectivity index (χ0v) is 13.4. The van der Waals surface area contributed by atoms with E-state index in [1.165, 1.54) is 0 Å². The van der Waals surface area contributed by atoms with Crippen LogP contribution in [0.3, 0.4) is 0 Å². The SMILES string of the molecule is Cl.O=C1c2cccnc2OC(CCCl)CN1c1ccccc1. The topological polar surface area (TPSA) is 42.4 Å². The molecule has 0 N–H and O–H groups in total. The minimum Gasteiger partial charge on any atom is -0.472 e. The molecule has 0 spiro atoms. The van der Waals surface area contributed by atoms with Gasteiger partial charge in [0.25, 0.3) is 5.91 Å². The molecule has 0 bridgehead atoms. The molecule has 1 aliphatic rings. The highest BCUT2D eigenvalue weighted by molar-refractivity contribution is 6.17. The summed E-state index contributed by atoms with van der Waals surface area (Å²) in [5.74, 6) is 0.765. The highest BCUT2D eigenvalue weighted by Gasteiger charge is 2.30. The fourth-order valence-corrected chi connectivity index (χ4v) is 2.62. The van der Waals surface area contributed by atoms with Crippen molar-refractivity contribution in [2.75, 3.05) is 17.3 Å². The molecule has 116 valence electrons. The Balaban J connectivity index is 0.00000176. The van der Waals surface area contributed by atoms with Gasteiger partial charge in [-0.05, 0) is 30.7 Å². The number of alkyl halides is 1. The van der Waals surface area contributed by atoms with Gasteiger partial charge in [-0.15, -0.1) is 24.0 Å². The number of ether oxygens (including phenoxy) is 1. The minimum absolute atomic E-state index is 0. The van der Waals surface area contributed by atoms with Gasteiger partial charge in [-0.2, -0.15) is 0 Å². The predicted octanol–water partition coefficient (Wildman–Crippen LogP) is 3.54. The summed E-state index contributed by atoms with van der Waals surface area (Å²) in [7, 11) is 0. The van der Waals surface area contributed by atoms with Crippen LogP contribution in [-0.2, 0) is 0 Å². The Hall–Kier alpha value is -1.78. The average Bonchev–Trinajstić information content (AvgIpc) is 2.66. The number of carbonyl (C=O) groups is 1. The predicted molar refractivity (Wildman–Crippen MR) is 89.4 cm³/mol. The van der Waals surface area contributed by atoms with Crippen LogP contribution in [0.5, 0.6) is 5.88 Å². The van der Waals surface area contributed by atoms with Crippen molar-refractivity contribution < 1.29 is 9.53 Å². The number of hydrogen-bond acceptors (Lipinski definition) is 3. The third-order valence-electron chi connectivity index (χ3n) is 3.41. The van der Waals surface area contributed by atoms with Gasteiger partial charge in [0.05, 0.1) is 6.54 Å². The summed E-state index contributed by atoms with van der Waals surface area (Å²) in [4.78, 5) is 18.7. The summed E-state index contributed by atoms with van der Waals surface area (Å²) < 4.78 is 5.86. The average molecular weight is 339 g/mol. The van der Waals surface area contributed by atoms with Crippen molar-refractivity contribution in [2.45, 2.75) is 12.5 Å². The zero-order chi connectivity index (χ0) is 14.7. The molecule has 2 aromatic rings. The summed E-state index contributed by atoms with van der Waals surface area (Å²) in [5.41, 5.74) is 1.33. The Morgan fingerprint density at radius 2 is 2.00 bits per heavy atom. The Labute approximate surface area is 140 Å². The molecule has 1 unspecified atom stereocenters. The van der Waals surface area contributed by atoms with Crippen molar-refractivity contribution in [1.82, 2.24) is 4.98 Å². The van der Waals surface area contributed by atoms with Crippen LogP contribution in [0, 0.1) is 0 Å². The Bertz CT molecular complexity index is 637. The molecule has 0 saturated carbocycles. The van der Waals surface area contributed by atoms with Gasteiger partial charge in [0.2, 0.25) is 5.88 Å². The number of rotatable bonds is 3. The van der Waals surface area contributed by atoms with Crippen molar-refractivity contribution in [3.05, 3.63) is 54.2 Å². The van der Waals surface area contributed by atoms with Gasteiger partial charge < -0.3 is 9.64 Å². The van der Waals surface area contributed by atoms with E-state index in [0.717, 1.165) is 5.69 Å². The van der Waals surface area contributed by atoms with Crippen molar-refractivity contribution in [3.8, 4) is 5.88 Å². The number of anilines is 1. The highest BCUT2D eigenvalue weighted by atomic mass is 35.5. The van der Waals surface area contributed by atoms with Crippen LogP contribution in [-0.4, -0.2) is 29.4 Å². The smallest absolute Gasteiger partial charge is 0.263 e. The van der Waals surface area contributed by atoms with Crippen LogP contribution in [0.15, 0.2) is 48.7 Å². The maximum atomic E-state index is 12.8. The number of pyridine rings is 1. The Morgan fingerprint density at radius 1 is 1.23 bits per heavy atom. The van der Waals surface area contributed by atoms with Crippen LogP contribution in [0.4, 0.5) is 5.69 Å². The molecule has 4 nitrogen and oxygen atoms in total. The van der Waals surface area contributed by atoms with E-state index < -0.39 is 0 Å². The van der Waals surface area contributed by atoms with Crippen molar-refractivity contribution in [3.63, 3.8) is 0 Å². The zero-order valence-electron chi connectivity index (χ0n) is 11.8. The molecule has 6 heteroatoms. The first-order valence-electron chi connectivity index (χ1n) is 6.84. The Kier molecular flexibility index (Phi) is 5.63. The second kappa shape index (κ2) is 7.47. The van der Waals surface area contributed by atoms with Gasteiger partial charge in [0.15, 0.2) is 0 Å². The van der Waals surface area contributed by atoms with E-state index >= 15 is 0 Å². The van der Waals surface area contributed by atoms with E-state index in [9.17, 15) is 4.79 Å². The number of aromatic nitrogens is 1. The number of hydrogen-bond donors (Lipinski definition) is 0. The van der Waals surface area contributed by atoms with Crippen molar-refractivity contribution >= 4 is 35.6 Å². The van der Waals surface area contributed by atoms with Gasteiger partial charge in [-0.1, -0.05) is 18.2 Å². The highest BCUT2D eigenvalue weighted by Crippen LogP contribution is 2.27. The van der Waals surface area contributed by atoms with Gasteiger partial charge in [-0.25, -0.2) is 4.98 Å². The molecular weight excluding hydrogens is 323 g/mol. The van der Waals surface area contributed by atoms with Gasteiger partial charge in [0.1, 0.15) is 11.7 Å². The molecule has 2 heterocycles. The monoisotopic (exact) mass is 338 g/mol. The minimum atomic E-state index is -0.164. The van der Waals surface area contributed by atoms with Crippen LogP contribution in [0.2, 0.25) is 0 Å². The second-order valence-corrected chi connectivity index (χ2v) is 5.20. The van der Waals surface area contributed by atoms with Gasteiger partial charge in [-0.3, -0.25) is 4.79 Å². The van der Waals surface area contributed by atoms with E-state index in [1.54, 1.807) is 23.2 Å². The molecular formula is C16H16Cl2N2O2. The summed E-state index contributed by atoms with van der Waals surface area (Å²) in [5, 5.41) is 0. The quantitative estimate of drug-likeness (QED) is 0.804. The van der Waals surface area contributed by atoms with Crippen LogP contribution in [0.25, 0.3) is 0 Å². The summed E-state index contributed by atoms with van der Waals surface area (Å²) >= 11 is 5.84. The lowest BCUT2D eigenvalue weighted by molar-refractivity contribution is 0.0986. The number of benzene rings is 1. The molecule has 0 radical (unpaired) electrons. The first-order chi connectivity index (χ1) is 10.3. The molecule has 0 fully saturated rings. The number of nitrogens with zero attached hydrogens (tertiary/aromatic N) is 2. The molecule has 0 aliphatic carbocycles. The van der Waals surface area contributed by atoms with E-state index in [1.807, 2.05) is 30.3 Å². The number of para-hydroxylation sites is 1. The van der Waals surface area contributed by atoms with Crippen LogP contribution < -0.4 is 9.64 Å². The lowest BCUT2D eigenvalue weighted by Gasteiger charge is -2.23. The first-order valence-corrected chi connectivity index (χ1v) is 7.37. The number of amides is 1. The number of fused-ring (bicyclic) bond motifs is 1. The molecule has 1 amide bonds. The first kappa shape index (κ1) is 16.6. The molecule has 1 atom stereocenters. The number of carbonyl (C=O) groups excluding carboxylic acids is 1. The molecule has 22 heavy (non-hydrogen) atoms. The normalized spacial score (nSPS) is 17.0. The third kappa shape index (κ3) is 3.34. The second-order valence-electron chi connectivity index (χ2n) is 4.82. The van der Waals surface area contributed by atoms with E-state index in [4.69, 9.17) is 16.3 Å². The van der Waals surface area contributed by atoms with E-state index in [2.05, 4.69) is 4.98 Å². The molecule has 1 aliphatic heterocycles. The largest absolute Gasteiger partial charge is 0.472 e. The van der Waals surface area contributed by atoms with Crippen LogP contribution >= 0.6 is 24.0 Å². The fraction of sp³-hybridized carbons (Fsp3) is 0.250. The maximum absolute atomic E-state index is 12.8. The van der Waals surface area contributed by atoms with E-state index in [0.29, 0.717) is 30.3 Å². The molecule has 3 rings (SSSR count). The van der Waals surface area contributed by atoms with Crippen molar-refractivity contribution in [2.24, 2.45) is 0 Å². The maximum Gasteiger partial charge on any atom is 0.263 e. The standard InChI is InChI=1S/C16H15ClN2O2.ClH/c17-9-8-13-11-19(12-5-2-1-3-6-12)16(20)14-7-4-10-18-15(14)21-13;/h1-7,10,13H,8-9,11H2;1H. The van der Waals surface area contributed by atoms with Crippen molar-refractivity contribution in [1.29, 1.82) is 0 Å². The summed E-state index contributed by atoms with van der Waals surface area (Å²) in [6.07, 6.45) is 2.12. The third-order valence-corrected chi connectivity index (χ3v) is 3.63. The van der Waals surface area contributed by atoms with Gasteiger partial charge >= 0.3 is 0 Å². The molecule has 0 saturated heterocycles. The Morgan fingerprint density at radius 3 is 2.73 bits per heavy atom. The molecule has 1 aromatic heterocycles. The summed E-state index contributed by atoms with van der Waals surface area (Å²) in [6, 6.07) is 13.1. The lowest BCUT2D eigenvalue weighted by atomic mass is 10.2. The number of halogens is 2. The molecule has 1 aromatic carbocycles. The van der Waals surface area contributed by atoms with E-state index in [-0.39, 0.29) is 24.4 Å². The fourth-order valence-electron chi connectivity index (χ4n) is 2.38.